The molecule has 0 aromatic heterocycles. The first kappa shape index (κ1) is 15.5. The van der Waals surface area contributed by atoms with Gasteiger partial charge >= 0.3 is 5.97 Å². The summed E-state index contributed by atoms with van der Waals surface area (Å²) in [5.41, 5.74) is 1.17. The first-order valence-electron chi connectivity index (χ1n) is 7.20. The number of benzene rings is 1. The highest BCUT2D eigenvalue weighted by molar-refractivity contribution is 5.79. The largest absolute Gasteiger partial charge is 0.481 e. The van der Waals surface area contributed by atoms with Crippen LogP contribution in [0.4, 0.5) is 0 Å². The molecule has 1 aliphatic heterocycles. The lowest BCUT2D eigenvalue weighted by Gasteiger charge is -2.15. The molecule has 0 radical (unpaired) electrons. The molecule has 1 fully saturated rings. The maximum Gasteiger partial charge on any atom is 0.308 e. The summed E-state index contributed by atoms with van der Waals surface area (Å²) >= 11 is 0. The van der Waals surface area contributed by atoms with Crippen LogP contribution in [0.25, 0.3) is 0 Å². The molecule has 0 unspecified atom stereocenters. The van der Waals surface area contributed by atoms with Gasteiger partial charge in [-0.3, -0.25) is 9.59 Å². The van der Waals surface area contributed by atoms with Gasteiger partial charge in [-0.2, -0.15) is 0 Å². The number of hydrogen-bond donors (Lipinski definition) is 1. The fourth-order valence-electron chi connectivity index (χ4n) is 2.58. The summed E-state index contributed by atoms with van der Waals surface area (Å²) in [5.74, 6) is -1.42. The number of hydrogen-bond acceptors (Lipinski definition) is 3. The molecule has 1 aromatic carbocycles. The van der Waals surface area contributed by atoms with E-state index in [2.05, 4.69) is 0 Å². The summed E-state index contributed by atoms with van der Waals surface area (Å²) in [6.45, 7) is 3.16. The van der Waals surface area contributed by atoms with Crippen LogP contribution in [-0.2, 0) is 20.7 Å². The van der Waals surface area contributed by atoms with Gasteiger partial charge in [0.15, 0.2) is 0 Å². The Morgan fingerprint density at radius 1 is 1.29 bits per heavy atom. The molecule has 1 aromatic rings. The van der Waals surface area contributed by atoms with Crippen molar-refractivity contribution < 1.29 is 19.4 Å². The van der Waals surface area contributed by atoms with Gasteiger partial charge in [-0.05, 0) is 17.9 Å². The van der Waals surface area contributed by atoms with Crippen LogP contribution in [0.1, 0.15) is 12.5 Å². The van der Waals surface area contributed by atoms with Gasteiger partial charge in [0.2, 0.25) is 5.91 Å². The van der Waals surface area contributed by atoms with Gasteiger partial charge in [0.05, 0.1) is 12.5 Å². The number of carboxylic acids is 1. The zero-order valence-corrected chi connectivity index (χ0v) is 12.2. The number of carbonyl (C=O) groups is 2. The highest BCUT2D eigenvalue weighted by Crippen LogP contribution is 2.23. The molecular weight excluding hydrogens is 270 g/mol. The fraction of sp³-hybridized carbons (Fsp3) is 0.500. The number of ether oxygens (including phenoxy) is 1. The lowest BCUT2D eigenvalue weighted by molar-refractivity contribution is -0.142. The van der Waals surface area contributed by atoms with E-state index in [-0.39, 0.29) is 25.0 Å². The zero-order chi connectivity index (χ0) is 15.2. The van der Waals surface area contributed by atoms with Crippen LogP contribution in [0.3, 0.4) is 0 Å². The van der Waals surface area contributed by atoms with Crippen LogP contribution in [0.2, 0.25) is 0 Å². The average Bonchev–Trinajstić information content (AvgIpc) is 2.87. The van der Waals surface area contributed by atoms with E-state index in [1.807, 2.05) is 37.3 Å². The monoisotopic (exact) mass is 291 g/mol. The number of likely N-dealkylation sites (tertiary alicyclic amines) is 1. The van der Waals surface area contributed by atoms with E-state index < -0.39 is 11.9 Å². The Balaban J connectivity index is 1.69. The van der Waals surface area contributed by atoms with Crippen molar-refractivity contribution in [2.45, 2.75) is 13.3 Å². The van der Waals surface area contributed by atoms with Crippen molar-refractivity contribution >= 4 is 11.9 Å². The van der Waals surface area contributed by atoms with Crippen LogP contribution in [-0.4, -0.2) is 48.2 Å². The highest BCUT2D eigenvalue weighted by Gasteiger charge is 2.36. The summed E-state index contributed by atoms with van der Waals surface area (Å²) < 4.78 is 5.40. The number of nitrogens with zero attached hydrogens (tertiary/aromatic N) is 1. The molecule has 0 bridgehead atoms. The Kier molecular flexibility index (Phi) is 5.33. The number of carboxylic acid groups (broad SMARTS) is 1. The predicted molar refractivity (Wildman–Crippen MR) is 77.8 cm³/mol. The van der Waals surface area contributed by atoms with Gasteiger partial charge in [0, 0.05) is 13.1 Å². The molecule has 21 heavy (non-hydrogen) atoms. The summed E-state index contributed by atoms with van der Waals surface area (Å²) in [5, 5.41) is 9.05. The molecule has 5 heteroatoms. The van der Waals surface area contributed by atoms with Gasteiger partial charge in [-0.25, -0.2) is 0 Å². The molecule has 114 valence electrons. The second-order valence-corrected chi connectivity index (χ2v) is 5.51. The third-order valence-electron chi connectivity index (χ3n) is 3.89. The average molecular weight is 291 g/mol. The fourth-order valence-corrected chi connectivity index (χ4v) is 2.58. The van der Waals surface area contributed by atoms with E-state index in [9.17, 15) is 9.59 Å². The van der Waals surface area contributed by atoms with Crippen molar-refractivity contribution in [1.82, 2.24) is 4.90 Å². The van der Waals surface area contributed by atoms with Crippen LogP contribution in [0.5, 0.6) is 0 Å². The van der Waals surface area contributed by atoms with E-state index in [0.29, 0.717) is 13.2 Å². The molecule has 1 heterocycles. The molecule has 1 aliphatic rings. The van der Waals surface area contributed by atoms with Crippen LogP contribution >= 0.6 is 0 Å². The van der Waals surface area contributed by atoms with Crippen LogP contribution in [0.15, 0.2) is 30.3 Å². The summed E-state index contributed by atoms with van der Waals surface area (Å²) in [6.07, 6.45) is 0.766. The molecule has 0 saturated carbocycles. The second kappa shape index (κ2) is 7.22. The van der Waals surface area contributed by atoms with E-state index in [4.69, 9.17) is 9.84 Å². The summed E-state index contributed by atoms with van der Waals surface area (Å²) in [6, 6.07) is 9.94. The van der Waals surface area contributed by atoms with E-state index in [1.54, 1.807) is 4.90 Å². The number of aliphatic carboxylic acids is 1. The Morgan fingerprint density at radius 3 is 2.62 bits per heavy atom. The van der Waals surface area contributed by atoms with Crippen molar-refractivity contribution in [2.24, 2.45) is 11.8 Å². The SMILES string of the molecule is C[C@@H]1CN(C(=O)COCCc2ccccc2)C[C@H]1C(=O)O. The predicted octanol–water partition coefficient (Wildman–Crippen LogP) is 1.42. The summed E-state index contributed by atoms with van der Waals surface area (Å²) in [7, 11) is 0. The third-order valence-corrected chi connectivity index (χ3v) is 3.89. The minimum Gasteiger partial charge on any atom is -0.481 e. The molecule has 2 rings (SSSR count). The first-order valence-corrected chi connectivity index (χ1v) is 7.20. The molecule has 1 saturated heterocycles. The van der Waals surface area contributed by atoms with Gasteiger partial charge in [0.25, 0.3) is 0 Å². The van der Waals surface area contributed by atoms with Gasteiger partial charge in [0.1, 0.15) is 6.61 Å². The minimum absolute atomic E-state index is 0.00392. The van der Waals surface area contributed by atoms with Crippen molar-refractivity contribution in [3.05, 3.63) is 35.9 Å². The Bertz CT molecular complexity index is 488. The number of rotatable bonds is 6. The lowest BCUT2D eigenvalue weighted by atomic mass is 9.99. The van der Waals surface area contributed by atoms with Gasteiger partial charge < -0.3 is 14.7 Å². The normalized spacial score (nSPS) is 21.5. The topological polar surface area (TPSA) is 66.8 Å². The smallest absolute Gasteiger partial charge is 0.308 e. The number of amides is 1. The molecule has 1 amide bonds. The van der Waals surface area contributed by atoms with Gasteiger partial charge in [-0.15, -0.1) is 0 Å². The third kappa shape index (κ3) is 4.29. The van der Waals surface area contributed by atoms with Crippen LogP contribution in [0, 0.1) is 11.8 Å². The molecule has 5 nitrogen and oxygen atoms in total. The maximum absolute atomic E-state index is 12.0. The maximum atomic E-state index is 12.0. The van der Waals surface area contributed by atoms with Crippen LogP contribution < -0.4 is 0 Å². The van der Waals surface area contributed by atoms with Crippen molar-refractivity contribution in [1.29, 1.82) is 0 Å². The first-order chi connectivity index (χ1) is 10.1. The zero-order valence-electron chi connectivity index (χ0n) is 12.2. The standard InChI is InChI=1S/C16H21NO4/c1-12-9-17(10-14(12)16(19)20)15(18)11-21-8-7-13-5-3-2-4-6-13/h2-6,12,14H,7-11H2,1H3,(H,19,20)/t12-,14-/m1/s1. The Hall–Kier alpha value is -1.88. The number of carbonyl (C=O) groups excluding carboxylic acids is 1. The molecule has 2 atom stereocenters. The molecular formula is C16H21NO4. The highest BCUT2D eigenvalue weighted by atomic mass is 16.5. The van der Waals surface area contributed by atoms with E-state index in [0.717, 1.165) is 6.42 Å². The Labute approximate surface area is 124 Å². The van der Waals surface area contributed by atoms with Crippen molar-refractivity contribution in [3.8, 4) is 0 Å². The molecule has 0 spiro atoms. The molecule has 1 N–H and O–H groups in total. The van der Waals surface area contributed by atoms with E-state index >= 15 is 0 Å². The quantitative estimate of drug-likeness (QED) is 0.805. The van der Waals surface area contributed by atoms with Crippen molar-refractivity contribution in [3.63, 3.8) is 0 Å². The molecule has 0 aliphatic carbocycles. The minimum atomic E-state index is -0.831. The van der Waals surface area contributed by atoms with Crippen molar-refractivity contribution in [2.75, 3.05) is 26.3 Å². The Morgan fingerprint density at radius 2 is 2.00 bits per heavy atom. The van der Waals surface area contributed by atoms with E-state index in [1.165, 1.54) is 5.56 Å². The summed E-state index contributed by atoms with van der Waals surface area (Å²) in [4.78, 5) is 24.6. The lowest BCUT2D eigenvalue weighted by Crippen LogP contribution is -2.33. The second-order valence-electron chi connectivity index (χ2n) is 5.51. The van der Waals surface area contributed by atoms with Gasteiger partial charge in [-0.1, -0.05) is 37.3 Å².